The van der Waals surface area contributed by atoms with Crippen LogP contribution in [0.3, 0.4) is 0 Å². The Morgan fingerprint density at radius 3 is 1.50 bits per heavy atom. The molecular formula is C10H22. The minimum absolute atomic E-state index is 1.13. The summed E-state index contributed by atoms with van der Waals surface area (Å²) in [6.07, 6.45) is 8.51. The third-order valence-corrected chi connectivity index (χ3v) is 1.98. The molecule has 0 unspecified atom stereocenters. The first-order valence-electron chi connectivity index (χ1n) is 4.85. The fourth-order valence-corrected chi connectivity index (χ4v) is 0.880. The van der Waals surface area contributed by atoms with E-state index in [0.717, 1.165) is 5.92 Å². The fourth-order valence-electron chi connectivity index (χ4n) is 0.880. The van der Waals surface area contributed by atoms with Gasteiger partial charge < -0.3 is 0 Å². The molecule has 1 rings (SSSR count). The lowest BCUT2D eigenvalue weighted by Crippen LogP contribution is -1.59. The summed E-state index contributed by atoms with van der Waals surface area (Å²) in [5, 5.41) is 0. The van der Waals surface area contributed by atoms with Crippen molar-refractivity contribution in [3.63, 3.8) is 0 Å². The molecule has 0 spiro atoms. The molecular weight excluding hydrogens is 120 g/mol. The Morgan fingerprint density at radius 2 is 1.50 bits per heavy atom. The molecule has 0 atom stereocenters. The topological polar surface area (TPSA) is 0 Å². The first-order valence-corrected chi connectivity index (χ1v) is 4.85. The Balaban J connectivity index is 0.000000162. The average Bonchev–Trinajstić information content (AvgIpc) is 2.72. The second-order valence-electron chi connectivity index (χ2n) is 3.21. The van der Waals surface area contributed by atoms with E-state index in [1.54, 1.807) is 0 Å². The monoisotopic (exact) mass is 142 g/mol. The Labute approximate surface area is 66.0 Å². The van der Waals surface area contributed by atoms with Crippen LogP contribution >= 0.6 is 0 Å². The summed E-state index contributed by atoms with van der Waals surface area (Å²) in [4.78, 5) is 0. The molecule has 1 fully saturated rings. The minimum Gasteiger partial charge on any atom is -0.0654 e. The van der Waals surface area contributed by atoms with E-state index in [1.807, 2.05) is 0 Å². The molecule has 0 heterocycles. The van der Waals surface area contributed by atoms with Gasteiger partial charge in [-0.3, -0.25) is 0 Å². The molecule has 0 aliphatic heterocycles. The van der Waals surface area contributed by atoms with Crippen molar-refractivity contribution in [1.29, 1.82) is 0 Å². The normalized spacial score (nSPS) is 15.9. The zero-order valence-corrected chi connectivity index (χ0v) is 7.82. The zero-order chi connectivity index (χ0) is 7.82. The molecule has 0 heteroatoms. The predicted molar refractivity (Wildman–Crippen MR) is 48.2 cm³/mol. The lowest BCUT2D eigenvalue weighted by Gasteiger charge is -1.79. The first kappa shape index (κ1) is 10.0. The maximum atomic E-state index is 2.26. The van der Waals surface area contributed by atoms with E-state index in [0.29, 0.717) is 0 Å². The van der Waals surface area contributed by atoms with E-state index >= 15 is 0 Å². The maximum Gasteiger partial charge on any atom is -0.0417 e. The first-order chi connectivity index (χ1) is 4.85. The van der Waals surface area contributed by atoms with E-state index in [1.165, 1.54) is 38.5 Å². The van der Waals surface area contributed by atoms with Gasteiger partial charge in [-0.25, -0.2) is 0 Å². The van der Waals surface area contributed by atoms with Crippen molar-refractivity contribution in [3.05, 3.63) is 0 Å². The van der Waals surface area contributed by atoms with Gasteiger partial charge in [0.25, 0.3) is 0 Å². The van der Waals surface area contributed by atoms with Gasteiger partial charge in [0.1, 0.15) is 0 Å². The lowest BCUT2D eigenvalue weighted by atomic mass is 10.3. The summed E-state index contributed by atoms with van der Waals surface area (Å²) in [6, 6.07) is 0. The molecule has 0 aromatic rings. The molecule has 62 valence electrons. The third kappa shape index (κ3) is 8.00. The van der Waals surface area contributed by atoms with Crippen LogP contribution < -0.4 is 0 Å². The molecule has 0 amide bonds. The maximum absolute atomic E-state index is 2.26. The number of rotatable bonds is 3. The standard InChI is InChI=1S/C5H10.C5H12/c1-2-5-3-4-5;1-3-5-4-2/h5H,2-4H2,1H3;3-5H2,1-2H3. The smallest absolute Gasteiger partial charge is 0.0417 e. The molecule has 0 bridgehead atoms. The molecule has 1 saturated carbocycles. The van der Waals surface area contributed by atoms with E-state index in [9.17, 15) is 0 Å². The summed E-state index contributed by atoms with van der Waals surface area (Å²) in [5.74, 6) is 1.13. The highest BCUT2D eigenvalue weighted by molar-refractivity contribution is 4.69. The summed E-state index contributed by atoms with van der Waals surface area (Å²) >= 11 is 0. The molecule has 1 aliphatic rings. The van der Waals surface area contributed by atoms with Crippen LogP contribution in [0.1, 0.15) is 59.3 Å². The Hall–Kier alpha value is 0. The average molecular weight is 142 g/mol. The summed E-state index contributed by atoms with van der Waals surface area (Å²) in [5.41, 5.74) is 0. The van der Waals surface area contributed by atoms with E-state index in [4.69, 9.17) is 0 Å². The second-order valence-corrected chi connectivity index (χ2v) is 3.21. The van der Waals surface area contributed by atoms with Gasteiger partial charge in [0, 0.05) is 0 Å². The molecule has 0 saturated heterocycles. The highest BCUT2D eigenvalue weighted by Crippen LogP contribution is 2.31. The van der Waals surface area contributed by atoms with Crippen molar-refractivity contribution in [2.24, 2.45) is 5.92 Å². The van der Waals surface area contributed by atoms with Gasteiger partial charge in [0.15, 0.2) is 0 Å². The van der Waals surface area contributed by atoms with Gasteiger partial charge >= 0.3 is 0 Å². The zero-order valence-electron chi connectivity index (χ0n) is 7.82. The van der Waals surface area contributed by atoms with Gasteiger partial charge in [-0.1, -0.05) is 59.3 Å². The SMILES string of the molecule is CCC1CC1.CCCCC. The third-order valence-electron chi connectivity index (χ3n) is 1.98. The molecule has 0 aromatic carbocycles. The van der Waals surface area contributed by atoms with Crippen LogP contribution in [-0.2, 0) is 0 Å². The van der Waals surface area contributed by atoms with Gasteiger partial charge in [0.05, 0.1) is 0 Å². The van der Waals surface area contributed by atoms with Crippen molar-refractivity contribution >= 4 is 0 Å². The van der Waals surface area contributed by atoms with Crippen LogP contribution in [0, 0.1) is 5.92 Å². The number of unbranched alkanes of at least 4 members (excludes halogenated alkanes) is 2. The molecule has 10 heavy (non-hydrogen) atoms. The van der Waals surface area contributed by atoms with Crippen molar-refractivity contribution in [2.75, 3.05) is 0 Å². The van der Waals surface area contributed by atoms with Crippen LogP contribution in [0.25, 0.3) is 0 Å². The van der Waals surface area contributed by atoms with E-state index in [-0.39, 0.29) is 0 Å². The van der Waals surface area contributed by atoms with Crippen molar-refractivity contribution in [3.8, 4) is 0 Å². The Bertz CT molecular complexity index is 51.1. The summed E-state index contributed by atoms with van der Waals surface area (Å²) in [6.45, 7) is 6.69. The summed E-state index contributed by atoms with van der Waals surface area (Å²) < 4.78 is 0. The molecule has 0 radical (unpaired) electrons. The van der Waals surface area contributed by atoms with Crippen LogP contribution in [0.5, 0.6) is 0 Å². The van der Waals surface area contributed by atoms with Gasteiger partial charge in [0.2, 0.25) is 0 Å². The van der Waals surface area contributed by atoms with E-state index < -0.39 is 0 Å². The molecule has 1 aliphatic carbocycles. The summed E-state index contributed by atoms with van der Waals surface area (Å²) in [7, 11) is 0. The van der Waals surface area contributed by atoms with Crippen molar-refractivity contribution in [2.45, 2.75) is 59.3 Å². The number of hydrogen-bond acceptors (Lipinski definition) is 0. The quantitative estimate of drug-likeness (QED) is 0.558. The van der Waals surface area contributed by atoms with Crippen LogP contribution in [0.15, 0.2) is 0 Å². The highest BCUT2D eigenvalue weighted by Gasteiger charge is 2.17. The molecule has 0 nitrogen and oxygen atoms in total. The minimum atomic E-state index is 1.13. The fraction of sp³-hybridized carbons (Fsp3) is 1.00. The Kier molecular flexibility index (Phi) is 7.11. The highest BCUT2D eigenvalue weighted by atomic mass is 14.2. The van der Waals surface area contributed by atoms with E-state index in [2.05, 4.69) is 20.8 Å². The van der Waals surface area contributed by atoms with Crippen molar-refractivity contribution in [1.82, 2.24) is 0 Å². The number of hydrogen-bond donors (Lipinski definition) is 0. The molecule has 0 aromatic heterocycles. The van der Waals surface area contributed by atoms with Crippen molar-refractivity contribution < 1.29 is 0 Å². The van der Waals surface area contributed by atoms with Gasteiger partial charge in [-0.05, 0) is 5.92 Å². The second kappa shape index (κ2) is 7.11. The van der Waals surface area contributed by atoms with Gasteiger partial charge in [-0.2, -0.15) is 0 Å². The van der Waals surface area contributed by atoms with Crippen LogP contribution in [0.4, 0.5) is 0 Å². The van der Waals surface area contributed by atoms with Crippen LogP contribution in [0.2, 0.25) is 0 Å². The van der Waals surface area contributed by atoms with Gasteiger partial charge in [-0.15, -0.1) is 0 Å². The largest absolute Gasteiger partial charge is 0.0654 e. The molecule has 0 N–H and O–H groups in total. The lowest BCUT2D eigenvalue weighted by molar-refractivity contribution is 0.772. The van der Waals surface area contributed by atoms with Crippen LogP contribution in [-0.4, -0.2) is 0 Å². The predicted octanol–water partition coefficient (Wildman–Crippen LogP) is 4.00. The Morgan fingerprint density at radius 1 is 1.00 bits per heavy atom.